The lowest BCUT2D eigenvalue weighted by Gasteiger charge is -2.35. The maximum absolute atomic E-state index is 11.9. The lowest BCUT2D eigenvalue weighted by atomic mass is 9.70. The summed E-state index contributed by atoms with van der Waals surface area (Å²) >= 11 is 0. The summed E-state index contributed by atoms with van der Waals surface area (Å²) in [4.78, 5) is 22.2. The van der Waals surface area contributed by atoms with Crippen molar-refractivity contribution in [3.05, 3.63) is 29.8 Å². The molecular weight excluding hydrogens is 360 g/mol. The van der Waals surface area contributed by atoms with E-state index in [2.05, 4.69) is 0 Å². The van der Waals surface area contributed by atoms with Crippen molar-refractivity contribution in [2.45, 2.75) is 33.1 Å². The molecule has 2 fully saturated rings. The summed E-state index contributed by atoms with van der Waals surface area (Å²) in [7, 11) is -2.54. The van der Waals surface area contributed by atoms with E-state index in [9.17, 15) is 18.0 Å². The van der Waals surface area contributed by atoms with Crippen molar-refractivity contribution in [3.63, 3.8) is 0 Å². The highest BCUT2D eigenvalue weighted by atomic mass is 32.2. The maximum atomic E-state index is 11.9. The van der Waals surface area contributed by atoms with Crippen molar-refractivity contribution in [2.24, 2.45) is 16.7 Å². The topological polar surface area (TPSA) is 118 Å². The highest BCUT2D eigenvalue weighted by Crippen LogP contribution is 2.64. The Morgan fingerprint density at radius 3 is 2.19 bits per heavy atom. The number of benzene rings is 1. The molecule has 0 saturated heterocycles. The standard InChI is InChI=1S/C10H16O4S.C8H8O3/c1-9(2)7-3-4-10(9,8(11)5-7)6-15(12,13)14;1-11-7-4-2-6(3-5-7)8(9)10/h7H,3-6H2,1-2H3,(H,12,13,14);2-5H,1H3,(H,9,10)/t7?,10-;/m1./s1. The first-order valence-corrected chi connectivity index (χ1v) is 9.90. The second-order valence-electron chi connectivity index (χ2n) is 7.43. The van der Waals surface area contributed by atoms with E-state index in [1.54, 1.807) is 12.1 Å². The molecule has 3 rings (SSSR count). The molecule has 0 radical (unpaired) electrons. The van der Waals surface area contributed by atoms with Crippen molar-refractivity contribution in [2.75, 3.05) is 12.9 Å². The van der Waals surface area contributed by atoms with E-state index in [1.807, 2.05) is 13.8 Å². The molecule has 2 bridgehead atoms. The highest BCUT2D eigenvalue weighted by Gasteiger charge is 2.65. The quantitative estimate of drug-likeness (QED) is 0.766. The Labute approximate surface area is 153 Å². The van der Waals surface area contributed by atoms with Crippen LogP contribution in [0, 0.1) is 16.7 Å². The van der Waals surface area contributed by atoms with Gasteiger partial charge in [0.15, 0.2) is 0 Å². The monoisotopic (exact) mass is 384 g/mol. The third kappa shape index (κ3) is 3.76. The van der Waals surface area contributed by atoms with Gasteiger partial charge in [0.2, 0.25) is 0 Å². The Morgan fingerprint density at radius 1 is 1.27 bits per heavy atom. The van der Waals surface area contributed by atoms with Crippen LogP contribution < -0.4 is 4.74 Å². The van der Waals surface area contributed by atoms with Gasteiger partial charge in [-0.3, -0.25) is 9.35 Å². The number of rotatable bonds is 4. The van der Waals surface area contributed by atoms with E-state index in [0.29, 0.717) is 18.6 Å². The Morgan fingerprint density at radius 2 is 1.85 bits per heavy atom. The van der Waals surface area contributed by atoms with Gasteiger partial charge in [-0.1, -0.05) is 13.8 Å². The van der Waals surface area contributed by atoms with Crippen molar-refractivity contribution < 1.29 is 32.4 Å². The number of aromatic carboxylic acids is 1. The van der Waals surface area contributed by atoms with Gasteiger partial charge in [-0.2, -0.15) is 8.42 Å². The number of carbonyl (C=O) groups is 2. The summed E-state index contributed by atoms with van der Waals surface area (Å²) < 4.78 is 35.8. The van der Waals surface area contributed by atoms with Crippen LogP contribution in [0.3, 0.4) is 0 Å². The smallest absolute Gasteiger partial charge is 0.335 e. The van der Waals surface area contributed by atoms with Crippen LogP contribution in [0.4, 0.5) is 0 Å². The third-order valence-corrected chi connectivity index (χ3v) is 6.76. The number of carboxylic acid groups (broad SMARTS) is 1. The van der Waals surface area contributed by atoms with Gasteiger partial charge in [0.1, 0.15) is 11.5 Å². The van der Waals surface area contributed by atoms with E-state index in [-0.39, 0.29) is 22.7 Å². The van der Waals surface area contributed by atoms with Crippen molar-refractivity contribution in [3.8, 4) is 5.75 Å². The molecule has 144 valence electrons. The SMILES string of the molecule is CC1(C)C2CC[C@@]1(CS(=O)(=O)O)C(=O)C2.COc1ccc(C(=O)O)cc1. The van der Waals surface area contributed by atoms with Crippen LogP contribution in [-0.2, 0) is 14.9 Å². The first-order chi connectivity index (χ1) is 11.9. The second-order valence-corrected chi connectivity index (χ2v) is 8.88. The molecule has 0 aliphatic heterocycles. The number of fused-ring (bicyclic) bond motifs is 2. The molecule has 26 heavy (non-hydrogen) atoms. The summed E-state index contributed by atoms with van der Waals surface area (Å²) in [6.07, 6.45) is 1.97. The summed E-state index contributed by atoms with van der Waals surface area (Å²) in [5.41, 5.74) is -0.851. The molecule has 7 nitrogen and oxygen atoms in total. The minimum absolute atomic E-state index is 0.0152. The van der Waals surface area contributed by atoms with Crippen LogP contribution in [-0.4, -0.2) is 42.7 Å². The van der Waals surface area contributed by atoms with Crippen LogP contribution in [0.25, 0.3) is 0 Å². The van der Waals surface area contributed by atoms with Gasteiger partial charge < -0.3 is 9.84 Å². The minimum atomic E-state index is -4.08. The average Bonchev–Trinajstić information content (AvgIpc) is 2.88. The molecule has 2 saturated carbocycles. The van der Waals surface area contributed by atoms with E-state index >= 15 is 0 Å². The Kier molecular flexibility index (Phi) is 5.49. The normalized spacial score (nSPS) is 26.2. The number of hydrogen-bond acceptors (Lipinski definition) is 5. The number of ether oxygens (including phenoxy) is 1. The summed E-state index contributed by atoms with van der Waals surface area (Å²) in [6.45, 7) is 3.89. The van der Waals surface area contributed by atoms with E-state index in [1.165, 1.54) is 19.2 Å². The van der Waals surface area contributed by atoms with Gasteiger partial charge in [-0.25, -0.2) is 4.79 Å². The lowest BCUT2D eigenvalue weighted by molar-refractivity contribution is -0.128. The van der Waals surface area contributed by atoms with Crippen molar-refractivity contribution >= 4 is 21.9 Å². The van der Waals surface area contributed by atoms with Crippen molar-refractivity contribution in [1.82, 2.24) is 0 Å². The fourth-order valence-corrected chi connectivity index (χ4v) is 5.45. The summed E-state index contributed by atoms with van der Waals surface area (Å²) in [6, 6.07) is 6.23. The molecule has 1 unspecified atom stereocenters. The first-order valence-electron chi connectivity index (χ1n) is 8.29. The van der Waals surface area contributed by atoms with Crippen LogP contribution in [0.15, 0.2) is 24.3 Å². The zero-order valence-corrected chi connectivity index (χ0v) is 15.9. The zero-order valence-electron chi connectivity index (χ0n) is 15.1. The van der Waals surface area contributed by atoms with Crippen LogP contribution in [0.1, 0.15) is 43.5 Å². The molecule has 1 aromatic rings. The lowest BCUT2D eigenvalue weighted by Crippen LogP contribution is -2.42. The molecule has 2 N–H and O–H groups in total. The van der Waals surface area contributed by atoms with Crippen LogP contribution in [0.2, 0.25) is 0 Å². The second kappa shape index (κ2) is 7.00. The van der Waals surface area contributed by atoms with Gasteiger partial charge in [-0.15, -0.1) is 0 Å². The van der Waals surface area contributed by atoms with Gasteiger partial charge in [0, 0.05) is 6.42 Å². The Bertz CT molecular complexity index is 795. The van der Waals surface area contributed by atoms with E-state index < -0.39 is 27.3 Å². The summed E-state index contributed by atoms with van der Waals surface area (Å²) in [5.74, 6) is -0.363. The predicted octanol–water partition coefficient (Wildman–Crippen LogP) is 2.66. The third-order valence-electron chi connectivity index (χ3n) is 5.90. The van der Waals surface area contributed by atoms with Gasteiger partial charge in [0.05, 0.1) is 23.8 Å². The van der Waals surface area contributed by atoms with Gasteiger partial charge in [0.25, 0.3) is 10.1 Å². The summed E-state index contributed by atoms with van der Waals surface area (Å²) in [5, 5.41) is 8.51. The number of carboxylic acids is 1. The number of ketones is 1. The molecular formula is C18H24O7S. The Hall–Kier alpha value is -1.93. The molecule has 8 heteroatoms. The Balaban J connectivity index is 0.000000197. The molecule has 1 aromatic carbocycles. The number of methoxy groups -OCH3 is 1. The van der Waals surface area contributed by atoms with Crippen molar-refractivity contribution in [1.29, 1.82) is 0 Å². The largest absolute Gasteiger partial charge is 0.497 e. The maximum Gasteiger partial charge on any atom is 0.335 e. The first kappa shape index (κ1) is 20.4. The molecule has 0 spiro atoms. The minimum Gasteiger partial charge on any atom is -0.497 e. The molecule has 2 aliphatic rings. The van der Waals surface area contributed by atoms with Crippen LogP contribution in [0.5, 0.6) is 5.75 Å². The number of carbonyl (C=O) groups excluding carboxylic acids is 1. The van der Waals surface area contributed by atoms with E-state index in [4.69, 9.17) is 14.4 Å². The number of Topliss-reactive ketones (excluding diaryl/α,β-unsaturated/α-hetero) is 1. The number of hydrogen-bond donors (Lipinski definition) is 2. The molecule has 0 aromatic heterocycles. The van der Waals surface area contributed by atoms with Gasteiger partial charge in [-0.05, 0) is 48.4 Å². The predicted molar refractivity (Wildman–Crippen MR) is 94.9 cm³/mol. The average molecular weight is 384 g/mol. The zero-order chi connectivity index (χ0) is 19.8. The fourth-order valence-electron chi connectivity index (χ4n) is 4.15. The van der Waals surface area contributed by atoms with E-state index in [0.717, 1.165) is 6.42 Å². The molecule has 0 heterocycles. The molecule has 0 amide bonds. The molecule has 2 aliphatic carbocycles. The fraction of sp³-hybridized carbons (Fsp3) is 0.556. The van der Waals surface area contributed by atoms with Gasteiger partial charge >= 0.3 is 5.97 Å². The van der Waals surface area contributed by atoms with Crippen LogP contribution >= 0.6 is 0 Å². The molecule has 2 atom stereocenters. The highest BCUT2D eigenvalue weighted by molar-refractivity contribution is 7.85.